The van der Waals surface area contributed by atoms with E-state index in [1.165, 1.54) is 11.3 Å². The molecular weight excluding hydrogens is 329 g/mol. The number of hydrogen-bond donors (Lipinski definition) is 1. The van der Waals surface area contributed by atoms with Gasteiger partial charge in [-0.2, -0.15) is 0 Å². The van der Waals surface area contributed by atoms with Gasteiger partial charge in [0, 0.05) is 14.2 Å². The molecule has 6 heteroatoms. The topological polar surface area (TPSA) is 51.8 Å². The SMILES string of the molecule is Nc1ccc(Sc2nncs2)c(I)c1. The van der Waals surface area contributed by atoms with Crippen LogP contribution in [-0.2, 0) is 0 Å². The van der Waals surface area contributed by atoms with Gasteiger partial charge in [0.1, 0.15) is 5.51 Å². The van der Waals surface area contributed by atoms with Gasteiger partial charge in [0.25, 0.3) is 0 Å². The molecule has 0 atom stereocenters. The van der Waals surface area contributed by atoms with Gasteiger partial charge in [-0.25, -0.2) is 0 Å². The van der Waals surface area contributed by atoms with E-state index in [0.29, 0.717) is 0 Å². The number of rotatable bonds is 2. The highest BCUT2D eigenvalue weighted by molar-refractivity contribution is 14.1. The maximum absolute atomic E-state index is 5.66. The fourth-order valence-corrected chi connectivity index (χ4v) is 3.21. The summed E-state index contributed by atoms with van der Waals surface area (Å²) < 4.78 is 2.09. The Morgan fingerprint density at radius 2 is 2.29 bits per heavy atom. The molecule has 0 spiro atoms. The first kappa shape index (κ1) is 10.2. The first-order valence-electron chi connectivity index (χ1n) is 3.75. The van der Waals surface area contributed by atoms with Crippen molar-refractivity contribution in [1.29, 1.82) is 0 Å². The molecule has 2 rings (SSSR count). The van der Waals surface area contributed by atoms with Gasteiger partial charge < -0.3 is 5.73 Å². The predicted octanol–water partition coefficient (Wildman–Crippen LogP) is 2.88. The van der Waals surface area contributed by atoms with Gasteiger partial charge in [-0.1, -0.05) is 23.1 Å². The van der Waals surface area contributed by atoms with Gasteiger partial charge >= 0.3 is 0 Å². The summed E-state index contributed by atoms with van der Waals surface area (Å²) in [5.74, 6) is 0. The highest BCUT2D eigenvalue weighted by Crippen LogP contribution is 2.32. The summed E-state index contributed by atoms with van der Waals surface area (Å²) in [5.41, 5.74) is 8.18. The van der Waals surface area contributed by atoms with E-state index in [1.807, 2.05) is 18.2 Å². The lowest BCUT2D eigenvalue weighted by Gasteiger charge is -2.01. The fourth-order valence-electron chi connectivity index (χ4n) is 0.901. The van der Waals surface area contributed by atoms with E-state index in [9.17, 15) is 0 Å². The van der Waals surface area contributed by atoms with Crippen LogP contribution >= 0.6 is 45.7 Å². The Balaban J connectivity index is 2.25. The second-order valence-corrected chi connectivity index (χ2v) is 5.78. The molecule has 3 nitrogen and oxygen atoms in total. The minimum atomic E-state index is 0.788. The van der Waals surface area contributed by atoms with Gasteiger partial charge in [-0.15, -0.1) is 10.2 Å². The lowest BCUT2D eigenvalue weighted by atomic mass is 10.3. The number of aromatic nitrogens is 2. The average molecular weight is 335 g/mol. The Labute approximate surface area is 103 Å². The Hall–Kier alpha value is -0.340. The van der Waals surface area contributed by atoms with Crippen LogP contribution in [0, 0.1) is 3.57 Å². The predicted molar refractivity (Wildman–Crippen MR) is 67.6 cm³/mol. The molecule has 14 heavy (non-hydrogen) atoms. The number of benzene rings is 1. The summed E-state index contributed by atoms with van der Waals surface area (Å²) in [7, 11) is 0. The molecule has 0 radical (unpaired) electrons. The van der Waals surface area contributed by atoms with Crippen molar-refractivity contribution in [2.75, 3.05) is 5.73 Å². The number of nitrogen functional groups attached to an aromatic ring is 1. The van der Waals surface area contributed by atoms with Crippen molar-refractivity contribution in [2.45, 2.75) is 9.24 Å². The molecule has 1 aromatic heterocycles. The largest absolute Gasteiger partial charge is 0.399 e. The van der Waals surface area contributed by atoms with Gasteiger partial charge in [0.2, 0.25) is 0 Å². The highest BCUT2D eigenvalue weighted by Gasteiger charge is 2.04. The zero-order chi connectivity index (χ0) is 9.97. The summed E-state index contributed by atoms with van der Waals surface area (Å²) in [6, 6.07) is 5.85. The van der Waals surface area contributed by atoms with E-state index in [0.717, 1.165) is 18.5 Å². The smallest absolute Gasteiger partial charge is 0.178 e. The summed E-state index contributed by atoms with van der Waals surface area (Å²) >= 11 is 5.41. The van der Waals surface area contributed by atoms with Crippen molar-refractivity contribution in [3.63, 3.8) is 0 Å². The molecule has 0 aliphatic carbocycles. The van der Waals surface area contributed by atoms with Crippen LogP contribution in [0.1, 0.15) is 0 Å². The maximum Gasteiger partial charge on any atom is 0.178 e. The average Bonchev–Trinajstić information content (AvgIpc) is 2.62. The van der Waals surface area contributed by atoms with Crippen LogP contribution in [0.5, 0.6) is 0 Å². The molecule has 0 saturated heterocycles. The van der Waals surface area contributed by atoms with Crippen molar-refractivity contribution in [3.05, 3.63) is 27.3 Å². The summed E-state index contributed by atoms with van der Waals surface area (Å²) in [6.07, 6.45) is 0. The number of halogens is 1. The molecule has 0 aliphatic heterocycles. The van der Waals surface area contributed by atoms with Crippen LogP contribution in [0.4, 0.5) is 5.69 Å². The van der Waals surface area contributed by atoms with Crippen LogP contribution in [0.2, 0.25) is 0 Å². The summed E-state index contributed by atoms with van der Waals surface area (Å²) in [6.45, 7) is 0. The third-order valence-corrected chi connectivity index (χ3v) is 4.61. The standard InChI is InChI=1S/C8H6IN3S2/c9-6-3-5(10)1-2-7(6)14-8-12-11-4-13-8/h1-4H,10H2. The van der Waals surface area contributed by atoms with Crippen LogP contribution < -0.4 is 5.73 Å². The molecule has 0 aliphatic rings. The number of nitrogens with zero attached hydrogens (tertiary/aromatic N) is 2. The van der Waals surface area contributed by atoms with Gasteiger partial charge in [-0.05, 0) is 40.8 Å². The molecular formula is C8H6IN3S2. The van der Waals surface area contributed by atoms with Crippen molar-refractivity contribution < 1.29 is 0 Å². The second kappa shape index (κ2) is 4.45. The molecule has 1 aromatic carbocycles. The van der Waals surface area contributed by atoms with E-state index in [1.54, 1.807) is 17.3 Å². The van der Waals surface area contributed by atoms with E-state index < -0.39 is 0 Å². The minimum absolute atomic E-state index is 0.788. The lowest BCUT2D eigenvalue weighted by molar-refractivity contribution is 1.01. The Morgan fingerprint density at radius 3 is 2.93 bits per heavy atom. The molecule has 1 heterocycles. The molecule has 0 bridgehead atoms. The van der Waals surface area contributed by atoms with Gasteiger partial charge in [0.05, 0.1) is 0 Å². The van der Waals surface area contributed by atoms with E-state index in [4.69, 9.17) is 5.73 Å². The van der Waals surface area contributed by atoms with Crippen molar-refractivity contribution in [3.8, 4) is 0 Å². The zero-order valence-electron chi connectivity index (χ0n) is 6.98. The van der Waals surface area contributed by atoms with Crippen LogP contribution in [0.15, 0.2) is 32.9 Å². The minimum Gasteiger partial charge on any atom is -0.399 e. The highest BCUT2D eigenvalue weighted by atomic mass is 127. The molecule has 0 saturated carbocycles. The maximum atomic E-state index is 5.66. The summed E-state index contributed by atoms with van der Waals surface area (Å²) in [5, 5.41) is 7.76. The molecule has 0 unspecified atom stereocenters. The molecule has 2 aromatic rings. The lowest BCUT2D eigenvalue weighted by Crippen LogP contribution is -1.86. The van der Waals surface area contributed by atoms with E-state index >= 15 is 0 Å². The first-order chi connectivity index (χ1) is 6.75. The monoisotopic (exact) mass is 335 g/mol. The number of anilines is 1. The Bertz CT molecular complexity index is 430. The Morgan fingerprint density at radius 1 is 1.43 bits per heavy atom. The normalized spacial score (nSPS) is 10.4. The molecule has 72 valence electrons. The van der Waals surface area contributed by atoms with Gasteiger partial charge in [0.15, 0.2) is 4.34 Å². The third-order valence-electron chi connectivity index (χ3n) is 1.49. The zero-order valence-corrected chi connectivity index (χ0v) is 10.8. The first-order valence-corrected chi connectivity index (χ1v) is 6.52. The van der Waals surface area contributed by atoms with Crippen molar-refractivity contribution >= 4 is 51.4 Å². The fraction of sp³-hybridized carbons (Fsp3) is 0. The molecule has 0 fully saturated rings. The van der Waals surface area contributed by atoms with Crippen LogP contribution in [0.25, 0.3) is 0 Å². The van der Waals surface area contributed by atoms with Crippen LogP contribution in [0.3, 0.4) is 0 Å². The number of nitrogens with two attached hydrogens (primary N) is 1. The summed E-state index contributed by atoms with van der Waals surface area (Å²) in [4.78, 5) is 1.16. The van der Waals surface area contributed by atoms with Crippen LogP contribution in [-0.4, -0.2) is 10.2 Å². The molecule has 0 amide bonds. The van der Waals surface area contributed by atoms with E-state index in [2.05, 4.69) is 32.8 Å². The molecule has 2 N–H and O–H groups in total. The van der Waals surface area contributed by atoms with Crippen molar-refractivity contribution in [1.82, 2.24) is 10.2 Å². The van der Waals surface area contributed by atoms with E-state index in [-0.39, 0.29) is 0 Å². The van der Waals surface area contributed by atoms with Gasteiger partial charge in [-0.3, -0.25) is 0 Å². The Kier molecular flexibility index (Phi) is 3.24. The number of hydrogen-bond acceptors (Lipinski definition) is 5. The quantitative estimate of drug-likeness (QED) is 0.677. The van der Waals surface area contributed by atoms with Crippen molar-refractivity contribution in [2.24, 2.45) is 0 Å². The second-order valence-electron chi connectivity index (χ2n) is 2.50. The third kappa shape index (κ3) is 2.37.